The predicted molar refractivity (Wildman–Crippen MR) is 43.4 cm³/mol. The lowest BCUT2D eigenvalue weighted by Crippen LogP contribution is -2.48. The van der Waals surface area contributed by atoms with E-state index in [1.807, 2.05) is 25.9 Å². The summed E-state index contributed by atoms with van der Waals surface area (Å²) in [4.78, 5) is 12.3. The van der Waals surface area contributed by atoms with E-state index in [9.17, 15) is 4.79 Å². The molecule has 3 N–H and O–H groups in total. The van der Waals surface area contributed by atoms with Crippen LogP contribution in [0, 0.1) is 0 Å². The van der Waals surface area contributed by atoms with Gasteiger partial charge in [-0.1, -0.05) is 6.92 Å². The zero-order chi connectivity index (χ0) is 9.02. The van der Waals surface area contributed by atoms with E-state index in [1.54, 1.807) is 0 Å². The van der Waals surface area contributed by atoms with Crippen molar-refractivity contribution >= 4 is 5.97 Å². The van der Waals surface area contributed by atoms with Crippen LogP contribution in [0.15, 0.2) is 0 Å². The summed E-state index contributed by atoms with van der Waals surface area (Å²) in [5.74, 6) is -0.939. The van der Waals surface area contributed by atoms with Gasteiger partial charge < -0.3 is 15.7 Å². The standard InChI is InChI=1S/C7H16N2O2/c1-4-5(9(2)3)6(8)7(10)11/h5-6H,4,8H2,1-3H3,(H,10,11). The molecule has 0 heterocycles. The van der Waals surface area contributed by atoms with Gasteiger partial charge in [0.05, 0.1) is 0 Å². The zero-order valence-electron chi connectivity index (χ0n) is 7.24. The highest BCUT2D eigenvalue weighted by molar-refractivity contribution is 5.74. The lowest BCUT2D eigenvalue weighted by Gasteiger charge is -2.25. The molecule has 4 heteroatoms. The SMILES string of the molecule is CCC(C(N)C(=O)O)N(C)C. The molecule has 0 fully saturated rings. The number of carbonyl (C=O) groups is 1. The summed E-state index contributed by atoms with van der Waals surface area (Å²) in [7, 11) is 3.66. The van der Waals surface area contributed by atoms with E-state index in [2.05, 4.69) is 0 Å². The summed E-state index contributed by atoms with van der Waals surface area (Å²) in [6.07, 6.45) is 0.750. The summed E-state index contributed by atoms with van der Waals surface area (Å²) in [6.45, 7) is 1.92. The Morgan fingerprint density at radius 2 is 2.09 bits per heavy atom. The van der Waals surface area contributed by atoms with Gasteiger partial charge in [-0.25, -0.2) is 0 Å². The average Bonchev–Trinajstić information content (AvgIpc) is 1.88. The number of hydrogen-bond donors (Lipinski definition) is 2. The molecule has 2 atom stereocenters. The summed E-state index contributed by atoms with van der Waals surface area (Å²) >= 11 is 0. The first-order valence-electron chi connectivity index (χ1n) is 3.65. The fraction of sp³-hybridized carbons (Fsp3) is 0.857. The minimum atomic E-state index is -0.939. The number of rotatable bonds is 4. The Balaban J connectivity index is 4.13. The minimum absolute atomic E-state index is 0.0764. The molecular formula is C7H16N2O2. The molecule has 4 nitrogen and oxygen atoms in total. The summed E-state index contributed by atoms with van der Waals surface area (Å²) in [5, 5.41) is 8.58. The average molecular weight is 160 g/mol. The van der Waals surface area contributed by atoms with Gasteiger partial charge in [0.2, 0.25) is 0 Å². The summed E-state index contributed by atoms with van der Waals surface area (Å²) < 4.78 is 0. The fourth-order valence-corrected chi connectivity index (χ4v) is 1.10. The van der Waals surface area contributed by atoms with E-state index in [4.69, 9.17) is 10.8 Å². The van der Waals surface area contributed by atoms with Gasteiger partial charge in [0.15, 0.2) is 0 Å². The molecule has 66 valence electrons. The Morgan fingerprint density at radius 3 is 2.18 bits per heavy atom. The largest absolute Gasteiger partial charge is 0.480 e. The van der Waals surface area contributed by atoms with Crippen LogP contribution in [0.2, 0.25) is 0 Å². The predicted octanol–water partition coefficient (Wildman–Crippen LogP) is -0.261. The van der Waals surface area contributed by atoms with Crippen molar-refractivity contribution in [2.45, 2.75) is 25.4 Å². The molecule has 0 saturated heterocycles. The number of hydrogen-bond acceptors (Lipinski definition) is 3. The van der Waals surface area contributed by atoms with Crippen molar-refractivity contribution in [3.63, 3.8) is 0 Å². The molecule has 0 aromatic rings. The van der Waals surface area contributed by atoms with Crippen LogP contribution < -0.4 is 5.73 Å². The molecule has 0 rings (SSSR count). The third-order valence-electron chi connectivity index (χ3n) is 1.78. The van der Waals surface area contributed by atoms with Gasteiger partial charge in [-0.3, -0.25) is 4.79 Å². The van der Waals surface area contributed by atoms with Gasteiger partial charge in [0, 0.05) is 6.04 Å². The van der Waals surface area contributed by atoms with Crippen LogP contribution in [0.3, 0.4) is 0 Å². The van der Waals surface area contributed by atoms with E-state index in [0.29, 0.717) is 0 Å². The molecule has 0 aliphatic heterocycles. The first kappa shape index (κ1) is 10.4. The van der Waals surface area contributed by atoms with Crippen LogP contribution in [-0.2, 0) is 4.79 Å². The Morgan fingerprint density at radius 1 is 1.64 bits per heavy atom. The van der Waals surface area contributed by atoms with Crippen molar-refractivity contribution in [2.24, 2.45) is 5.73 Å². The second kappa shape index (κ2) is 4.31. The van der Waals surface area contributed by atoms with E-state index >= 15 is 0 Å². The van der Waals surface area contributed by atoms with Gasteiger partial charge >= 0.3 is 5.97 Å². The molecule has 11 heavy (non-hydrogen) atoms. The van der Waals surface area contributed by atoms with Gasteiger partial charge in [-0.15, -0.1) is 0 Å². The molecule has 0 bridgehead atoms. The molecular weight excluding hydrogens is 144 g/mol. The first-order chi connectivity index (χ1) is 5.00. The van der Waals surface area contributed by atoms with Crippen molar-refractivity contribution in [1.29, 1.82) is 0 Å². The molecule has 0 radical (unpaired) electrons. The number of likely N-dealkylation sites (N-methyl/N-ethyl adjacent to an activating group) is 1. The smallest absolute Gasteiger partial charge is 0.322 e. The third-order valence-corrected chi connectivity index (χ3v) is 1.78. The van der Waals surface area contributed by atoms with Crippen molar-refractivity contribution in [3.05, 3.63) is 0 Å². The van der Waals surface area contributed by atoms with Crippen LogP contribution in [0.4, 0.5) is 0 Å². The Labute approximate surface area is 67.0 Å². The minimum Gasteiger partial charge on any atom is -0.480 e. The van der Waals surface area contributed by atoms with E-state index < -0.39 is 12.0 Å². The molecule has 0 amide bonds. The monoisotopic (exact) mass is 160 g/mol. The maximum absolute atomic E-state index is 10.5. The number of carboxylic acid groups (broad SMARTS) is 1. The fourth-order valence-electron chi connectivity index (χ4n) is 1.10. The van der Waals surface area contributed by atoms with Crippen LogP contribution in [0.25, 0.3) is 0 Å². The second-order valence-electron chi connectivity index (χ2n) is 2.80. The molecule has 0 aliphatic rings. The highest BCUT2D eigenvalue weighted by atomic mass is 16.4. The highest BCUT2D eigenvalue weighted by Crippen LogP contribution is 2.02. The van der Waals surface area contributed by atoms with Gasteiger partial charge in [-0.05, 0) is 20.5 Å². The van der Waals surface area contributed by atoms with Crippen molar-refractivity contribution in [3.8, 4) is 0 Å². The molecule has 0 saturated carbocycles. The number of nitrogens with zero attached hydrogens (tertiary/aromatic N) is 1. The molecule has 0 aromatic carbocycles. The van der Waals surface area contributed by atoms with Crippen LogP contribution >= 0.6 is 0 Å². The van der Waals surface area contributed by atoms with E-state index in [-0.39, 0.29) is 6.04 Å². The maximum atomic E-state index is 10.5. The number of nitrogens with two attached hydrogens (primary N) is 1. The Bertz CT molecular complexity index is 136. The lowest BCUT2D eigenvalue weighted by molar-refractivity contribution is -0.140. The van der Waals surface area contributed by atoms with Crippen molar-refractivity contribution < 1.29 is 9.90 Å². The van der Waals surface area contributed by atoms with Crippen LogP contribution in [0.1, 0.15) is 13.3 Å². The van der Waals surface area contributed by atoms with Crippen LogP contribution in [-0.4, -0.2) is 42.2 Å². The Hall–Kier alpha value is -0.610. The quantitative estimate of drug-likeness (QED) is 0.594. The highest BCUT2D eigenvalue weighted by Gasteiger charge is 2.23. The van der Waals surface area contributed by atoms with E-state index in [0.717, 1.165) is 6.42 Å². The van der Waals surface area contributed by atoms with Gasteiger partial charge in [-0.2, -0.15) is 0 Å². The molecule has 0 spiro atoms. The van der Waals surface area contributed by atoms with Crippen molar-refractivity contribution in [1.82, 2.24) is 4.90 Å². The van der Waals surface area contributed by atoms with Gasteiger partial charge in [0.25, 0.3) is 0 Å². The normalized spacial score (nSPS) is 16.5. The lowest BCUT2D eigenvalue weighted by atomic mass is 10.1. The maximum Gasteiger partial charge on any atom is 0.322 e. The Kier molecular flexibility index (Phi) is 4.07. The molecule has 0 aromatic heterocycles. The van der Waals surface area contributed by atoms with E-state index in [1.165, 1.54) is 0 Å². The summed E-state index contributed by atoms with van der Waals surface area (Å²) in [5.41, 5.74) is 5.43. The van der Waals surface area contributed by atoms with Crippen molar-refractivity contribution in [2.75, 3.05) is 14.1 Å². The summed E-state index contributed by atoms with van der Waals surface area (Å²) in [6, 6.07) is -0.859. The number of aliphatic carboxylic acids is 1. The zero-order valence-corrected chi connectivity index (χ0v) is 7.24. The first-order valence-corrected chi connectivity index (χ1v) is 3.65. The molecule has 0 aliphatic carbocycles. The topological polar surface area (TPSA) is 66.6 Å². The molecule has 2 unspecified atom stereocenters. The van der Waals surface area contributed by atoms with Gasteiger partial charge in [0.1, 0.15) is 6.04 Å². The second-order valence-corrected chi connectivity index (χ2v) is 2.80. The number of carboxylic acids is 1. The third kappa shape index (κ3) is 2.86. The van der Waals surface area contributed by atoms with Crippen LogP contribution in [0.5, 0.6) is 0 Å².